The molecule has 1 aromatic rings. The van der Waals surface area contributed by atoms with E-state index >= 15 is 0 Å². The molecule has 0 radical (unpaired) electrons. The molecule has 0 amide bonds. The topological polar surface area (TPSA) is 33.1 Å². The summed E-state index contributed by atoms with van der Waals surface area (Å²) in [6.45, 7) is 23.8. The number of aromatic nitrogens is 2. The molecule has 2 aliphatic rings. The Balaban J connectivity index is 0.00000176. The molecule has 1 spiro atoms. The second-order valence-electron chi connectivity index (χ2n) is 10.9. The average Bonchev–Trinajstić information content (AvgIpc) is 3.22. The normalized spacial score (nSPS) is 22.7. The van der Waals surface area contributed by atoms with Crippen molar-refractivity contribution in [3.63, 3.8) is 0 Å². The van der Waals surface area contributed by atoms with Gasteiger partial charge in [0, 0.05) is 32.0 Å². The highest BCUT2D eigenvalue weighted by atomic mass is 15.4. The molecule has 32 heavy (non-hydrogen) atoms. The number of rotatable bonds is 5. The van der Waals surface area contributed by atoms with Crippen molar-refractivity contribution < 1.29 is 0 Å². The van der Waals surface area contributed by atoms with E-state index in [4.69, 9.17) is 4.98 Å². The monoisotopic (exact) mass is 440 g/mol. The first kappa shape index (κ1) is 26.4. The minimum absolute atomic E-state index is 0.137. The molecule has 1 saturated heterocycles. The Kier molecular flexibility index (Phi) is 9.39. The molecule has 1 saturated carbocycles. The molecular weight excluding hydrogens is 392 g/mol. The molecule has 1 aromatic heterocycles. The number of nitrogens with zero attached hydrogens (tertiary/aromatic N) is 3. The molecule has 1 aliphatic carbocycles. The summed E-state index contributed by atoms with van der Waals surface area (Å²) in [4.78, 5) is 7.50. The van der Waals surface area contributed by atoms with E-state index in [1.807, 2.05) is 33.0 Å². The van der Waals surface area contributed by atoms with Crippen LogP contribution in [0.2, 0.25) is 0 Å². The predicted octanol–water partition coefficient (Wildman–Crippen LogP) is 6.76. The Hall–Kier alpha value is -1.81. The lowest BCUT2D eigenvalue weighted by Crippen LogP contribution is -2.63. The van der Waals surface area contributed by atoms with Gasteiger partial charge in [-0.2, -0.15) is 0 Å². The molecule has 0 bridgehead atoms. The quantitative estimate of drug-likeness (QED) is 0.513. The van der Waals surface area contributed by atoms with Crippen LogP contribution in [0.3, 0.4) is 0 Å². The summed E-state index contributed by atoms with van der Waals surface area (Å²) < 4.78 is 2.30. The van der Waals surface area contributed by atoms with E-state index in [0.717, 1.165) is 32.1 Å². The van der Waals surface area contributed by atoms with Crippen LogP contribution in [0.15, 0.2) is 48.8 Å². The third-order valence-corrected chi connectivity index (χ3v) is 7.08. The minimum atomic E-state index is 0.137. The van der Waals surface area contributed by atoms with Crippen LogP contribution in [-0.4, -0.2) is 34.7 Å². The van der Waals surface area contributed by atoms with Crippen LogP contribution >= 0.6 is 0 Å². The number of nitrogens with one attached hydrogen (secondary N) is 1. The molecule has 2 heterocycles. The maximum atomic E-state index is 4.87. The summed E-state index contributed by atoms with van der Waals surface area (Å²) in [5, 5.41) is 3.72. The van der Waals surface area contributed by atoms with Crippen LogP contribution in [0.25, 0.3) is 0 Å². The fourth-order valence-corrected chi connectivity index (χ4v) is 5.61. The van der Waals surface area contributed by atoms with E-state index in [0.29, 0.717) is 10.8 Å². The molecular formula is C28H48N4. The van der Waals surface area contributed by atoms with Crippen LogP contribution in [0, 0.1) is 10.8 Å². The lowest BCUT2D eigenvalue weighted by atomic mass is 9.64. The first-order chi connectivity index (χ1) is 15.2. The van der Waals surface area contributed by atoms with Crippen LogP contribution < -0.4 is 10.2 Å². The van der Waals surface area contributed by atoms with Gasteiger partial charge in [0.05, 0.1) is 12.1 Å². The van der Waals surface area contributed by atoms with Gasteiger partial charge in [0.2, 0.25) is 5.95 Å². The zero-order chi connectivity index (χ0) is 23.8. The van der Waals surface area contributed by atoms with Crippen molar-refractivity contribution in [3.8, 4) is 0 Å². The van der Waals surface area contributed by atoms with Gasteiger partial charge in [0.15, 0.2) is 0 Å². The molecule has 1 N–H and O–H groups in total. The van der Waals surface area contributed by atoms with E-state index in [1.54, 1.807) is 0 Å². The second-order valence-corrected chi connectivity index (χ2v) is 10.9. The molecule has 4 heteroatoms. The second kappa shape index (κ2) is 11.4. The highest BCUT2D eigenvalue weighted by molar-refractivity contribution is 5.40. The smallest absolute Gasteiger partial charge is 0.206 e. The molecule has 0 atom stereocenters. The number of allylic oxidation sites excluding steroid dienone is 5. The van der Waals surface area contributed by atoms with Gasteiger partial charge < -0.3 is 14.8 Å². The van der Waals surface area contributed by atoms with Crippen molar-refractivity contribution in [3.05, 3.63) is 48.8 Å². The van der Waals surface area contributed by atoms with Crippen molar-refractivity contribution >= 4 is 5.95 Å². The number of hydrogen-bond donors (Lipinski definition) is 1. The Labute approximate surface area is 197 Å². The highest BCUT2D eigenvalue weighted by Gasteiger charge is 2.45. The van der Waals surface area contributed by atoms with E-state index in [1.165, 1.54) is 37.7 Å². The Morgan fingerprint density at radius 2 is 1.78 bits per heavy atom. The fourth-order valence-electron chi connectivity index (χ4n) is 5.61. The van der Waals surface area contributed by atoms with Crippen LogP contribution in [-0.2, 0) is 6.54 Å². The van der Waals surface area contributed by atoms with Crippen molar-refractivity contribution in [2.75, 3.05) is 24.5 Å². The zero-order valence-corrected chi connectivity index (χ0v) is 21.9. The maximum Gasteiger partial charge on any atom is 0.206 e. The number of hydrogen-bond acceptors (Lipinski definition) is 3. The summed E-state index contributed by atoms with van der Waals surface area (Å²) >= 11 is 0. The third kappa shape index (κ3) is 6.60. The van der Waals surface area contributed by atoms with Crippen LogP contribution in [0.1, 0.15) is 80.6 Å². The van der Waals surface area contributed by atoms with Gasteiger partial charge in [-0.3, -0.25) is 0 Å². The Bertz CT molecular complexity index is 763. The van der Waals surface area contributed by atoms with Crippen molar-refractivity contribution in [1.82, 2.24) is 14.9 Å². The Morgan fingerprint density at radius 1 is 1.12 bits per heavy atom. The fraction of sp³-hybridized carbons (Fsp3) is 0.679. The van der Waals surface area contributed by atoms with E-state index in [-0.39, 0.29) is 5.54 Å². The van der Waals surface area contributed by atoms with Gasteiger partial charge in [-0.15, -0.1) is 0 Å². The predicted molar refractivity (Wildman–Crippen MR) is 140 cm³/mol. The summed E-state index contributed by atoms with van der Waals surface area (Å²) in [5.41, 5.74) is 2.09. The first-order valence-electron chi connectivity index (χ1n) is 12.6. The zero-order valence-electron chi connectivity index (χ0n) is 21.9. The molecule has 4 nitrogen and oxygen atoms in total. The SMILES string of the molecule is C=C/C(=C\C=C/C)Cn1ccnc1N1CCNCC12CCC(C)(C)CC(C)(C)CC2.CC. The number of imidazole rings is 1. The summed E-state index contributed by atoms with van der Waals surface area (Å²) in [6, 6.07) is 0. The number of anilines is 1. The van der Waals surface area contributed by atoms with Crippen molar-refractivity contribution in [1.29, 1.82) is 0 Å². The standard InChI is InChI=1S/C26H42N4.C2H6/c1-7-9-10-22(8-2)19-29-17-16-28-23(29)30-18-15-27-21-26(30)13-11-24(3,4)20-25(5,6)12-14-26;1-2/h7-10,16-17,27H,2,11-15,18-21H2,1,3-6H3;1-2H3/b9-7-,22-10+;. The lowest BCUT2D eigenvalue weighted by molar-refractivity contribution is 0.105. The summed E-state index contributed by atoms with van der Waals surface area (Å²) in [5.74, 6) is 1.11. The van der Waals surface area contributed by atoms with Gasteiger partial charge in [-0.1, -0.05) is 72.4 Å². The third-order valence-electron chi connectivity index (χ3n) is 7.08. The molecule has 0 unspecified atom stereocenters. The summed E-state index contributed by atoms with van der Waals surface area (Å²) in [7, 11) is 0. The van der Waals surface area contributed by atoms with Gasteiger partial charge in [-0.25, -0.2) is 4.98 Å². The lowest BCUT2D eigenvalue weighted by Gasteiger charge is -2.52. The van der Waals surface area contributed by atoms with Crippen molar-refractivity contribution in [2.24, 2.45) is 10.8 Å². The van der Waals surface area contributed by atoms with Crippen LogP contribution in [0.4, 0.5) is 5.95 Å². The molecule has 2 fully saturated rings. The minimum Gasteiger partial charge on any atom is -0.334 e. The van der Waals surface area contributed by atoms with Gasteiger partial charge in [0.1, 0.15) is 0 Å². The van der Waals surface area contributed by atoms with Crippen LogP contribution in [0.5, 0.6) is 0 Å². The first-order valence-corrected chi connectivity index (χ1v) is 12.6. The average molecular weight is 441 g/mol. The van der Waals surface area contributed by atoms with Gasteiger partial charge in [0.25, 0.3) is 0 Å². The highest BCUT2D eigenvalue weighted by Crippen LogP contribution is 2.47. The summed E-state index contributed by atoms with van der Waals surface area (Å²) in [6.07, 6.45) is 18.6. The molecule has 180 valence electrons. The number of piperazine rings is 1. The Morgan fingerprint density at radius 3 is 2.38 bits per heavy atom. The van der Waals surface area contributed by atoms with Gasteiger partial charge in [-0.05, 0) is 55.4 Å². The molecule has 1 aliphatic heterocycles. The largest absolute Gasteiger partial charge is 0.334 e. The molecule has 0 aromatic carbocycles. The molecule has 3 rings (SSSR count). The van der Waals surface area contributed by atoms with Gasteiger partial charge >= 0.3 is 0 Å². The van der Waals surface area contributed by atoms with E-state index in [2.05, 4.69) is 73.5 Å². The van der Waals surface area contributed by atoms with E-state index < -0.39 is 0 Å². The van der Waals surface area contributed by atoms with E-state index in [9.17, 15) is 0 Å². The maximum absolute atomic E-state index is 4.87. The van der Waals surface area contributed by atoms with Crippen molar-refractivity contribution in [2.45, 2.75) is 92.7 Å².